The Kier molecular flexibility index (Phi) is 7.54. The van der Waals surface area contributed by atoms with E-state index in [0.29, 0.717) is 11.4 Å². The minimum Gasteiger partial charge on any atom is -0.312 e. The molecule has 2 aromatic heterocycles. The maximum Gasteiger partial charge on any atom is 0.160 e. The molecule has 51 heavy (non-hydrogen) atoms. The lowest BCUT2D eigenvalue weighted by atomic mass is 9.92. The van der Waals surface area contributed by atoms with Gasteiger partial charge in [-0.1, -0.05) is 121 Å². The zero-order valence-corrected chi connectivity index (χ0v) is 27.7. The average molecular weight is 651 g/mol. The molecule has 6 aromatic carbocycles. The third-order valence-electron chi connectivity index (χ3n) is 9.55. The molecule has 0 atom stereocenters. The summed E-state index contributed by atoms with van der Waals surface area (Å²) in [6.45, 7) is 0. The van der Waals surface area contributed by atoms with Crippen molar-refractivity contribution < 1.29 is 0 Å². The fraction of sp³-hybridized carbons (Fsp3) is 0.0426. The summed E-state index contributed by atoms with van der Waals surface area (Å²) in [5.41, 5.74) is 13.9. The van der Waals surface area contributed by atoms with Gasteiger partial charge in [0.2, 0.25) is 0 Å². The number of nitriles is 1. The molecular weight excluding hydrogens is 621 g/mol. The van der Waals surface area contributed by atoms with Crippen molar-refractivity contribution >= 4 is 17.0 Å². The molecule has 0 radical (unpaired) electrons. The minimum absolute atomic E-state index is 0.640. The van der Waals surface area contributed by atoms with E-state index in [-0.39, 0.29) is 0 Å². The molecular formula is C47H30N4. The lowest BCUT2D eigenvalue weighted by molar-refractivity contribution is 0.890. The third-order valence-corrected chi connectivity index (χ3v) is 9.55. The van der Waals surface area contributed by atoms with Crippen LogP contribution < -0.4 is 0 Å². The van der Waals surface area contributed by atoms with Gasteiger partial charge in [-0.05, 0) is 66.9 Å². The molecule has 238 valence electrons. The molecule has 2 heterocycles. The van der Waals surface area contributed by atoms with E-state index in [0.717, 1.165) is 85.3 Å². The molecule has 9 rings (SSSR count). The van der Waals surface area contributed by atoms with Crippen LogP contribution in [0.1, 0.15) is 23.2 Å². The van der Waals surface area contributed by atoms with Crippen molar-refractivity contribution in [3.05, 3.63) is 181 Å². The molecule has 4 nitrogen and oxygen atoms in total. The Bertz CT molecular complexity index is 2500. The quantitative estimate of drug-likeness (QED) is 0.180. The molecule has 1 aliphatic carbocycles. The van der Waals surface area contributed by atoms with Crippen molar-refractivity contribution in [2.24, 2.45) is 0 Å². The normalized spacial score (nSPS) is 11.9. The number of aromatic nitrogens is 3. The van der Waals surface area contributed by atoms with Crippen molar-refractivity contribution in [1.82, 2.24) is 14.5 Å². The van der Waals surface area contributed by atoms with E-state index in [9.17, 15) is 5.26 Å². The van der Waals surface area contributed by atoms with E-state index >= 15 is 0 Å². The van der Waals surface area contributed by atoms with Crippen LogP contribution in [0.15, 0.2) is 152 Å². The Morgan fingerprint density at radius 1 is 0.647 bits per heavy atom. The van der Waals surface area contributed by atoms with Gasteiger partial charge in [-0.25, -0.2) is 9.97 Å². The molecule has 0 spiro atoms. The number of fused-ring (bicyclic) bond motifs is 3. The molecule has 0 bridgehead atoms. The van der Waals surface area contributed by atoms with Crippen molar-refractivity contribution in [3.8, 4) is 67.9 Å². The second-order valence-corrected chi connectivity index (χ2v) is 12.7. The number of benzene rings is 5. The highest BCUT2D eigenvalue weighted by molar-refractivity contribution is 5.98. The van der Waals surface area contributed by atoms with Gasteiger partial charge in [0.1, 0.15) is 0 Å². The number of allylic oxidation sites excluding steroid dienone is 1. The summed E-state index contributed by atoms with van der Waals surface area (Å²) in [6.07, 6.45) is 6.27. The van der Waals surface area contributed by atoms with E-state index in [4.69, 9.17) is 9.97 Å². The van der Waals surface area contributed by atoms with E-state index in [2.05, 4.69) is 114 Å². The SMILES string of the molecule is N#Cc1ccc2c(c1)c1c(n2-c2c(-c3c#cccc3)cc(-c3nc(-c4ccccc4)cc(-c4ccccc4)n3)cc2-c2ccccc2)CCC=C1. The Labute approximate surface area is 297 Å². The van der Waals surface area contributed by atoms with Gasteiger partial charge >= 0.3 is 0 Å². The largest absolute Gasteiger partial charge is 0.312 e. The van der Waals surface area contributed by atoms with Crippen molar-refractivity contribution in [3.63, 3.8) is 0 Å². The average Bonchev–Trinajstić information content (AvgIpc) is 3.54. The second-order valence-electron chi connectivity index (χ2n) is 12.7. The van der Waals surface area contributed by atoms with E-state index in [1.165, 1.54) is 5.69 Å². The second kappa shape index (κ2) is 12.8. The molecule has 0 fully saturated rings. The Balaban J connectivity index is 1.39. The molecule has 0 aliphatic heterocycles. The van der Waals surface area contributed by atoms with Crippen molar-refractivity contribution in [1.29, 1.82) is 5.26 Å². The number of rotatable bonds is 6. The van der Waals surface area contributed by atoms with Crippen LogP contribution in [0.25, 0.3) is 78.8 Å². The van der Waals surface area contributed by atoms with Crippen molar-refractivity contribution in [2.75, 3.05) is 0 Å². The number of hydrogen-bond donors (Lipinski definition) is 0. The van der Waals surface area contributed by atoms with E-state index in [1.54, 1.807) is 0 Å². The Hall–Kier alpha value is -7.01. The lowest BCUT2D eigenvalue weighted by Crippen LogP contribution is -2.07. The van der Waals surface area contributed by atoms with Gasteiger partial charge in [0.25, 0.3) is 0 Å². The van der Waals surface area contributed by atoms with Crippen molar-refractivity contribution in [2.45, 2.75) is 12.8 Å². The minimum atomic E-state index is 0.640. The highest BCUT2D eigenvalue weighted by Gasteiger charge is 2.25. The molecule has 0 unspecified atom stereocenters. The first-order valence-electron chi connectivity index (χ1n) is 17.1. The molecule has 1 aliphatic rings. The smallest absolute Gasteiger partial charge is 0.160 e. The number of nitrogens with zero attached hydrogens (tertiary/aromatic N) is 4. The summed E-state index contributed by atoms with van der Waals surface area (Å²) < 4.78 is 2.41. The standard InChI is InChI=1S/C47H30N4/c48-31-32-25-26-45-41(27-32)38-23-13-14-24-44(38)51(45)46-39(33-15-5-1-6-16-33)28-37(29-40(46)34-17-7-2-8-18-34)47-49-42(35-19-9-3-10-20-35)30-43(50-47)36-21-11-4-12-22-36/h1-7,9-13,15-17,19-23,25-30H,14,24H2. The summed E-state index contributed by atoms with van der Waals surface area (Å²) in [7, 11) is 0. The first-order chi connectivity index (χ1) is 25.2. The summed E-state index contributed by atoms with van der Waals surface area (Å²) in [5.74, 6) is 0.640. The van der Waals surface area contributed by atoms with Gasteiger partial charge in [0, 0.05) is 50.0 Å². The molecule has 0 saturated carbocycles. The van der Waals surface area contributed by atoms with Crippen LogP contribution in [0.4, 0.5) is 0 Å². The number of hydrogen-bond acceptors (Lipinski definition) is 3. The van der Waals surface area contributed by atoms with Crippen LogP contribution in [-0.2, 0) is 6.42 Å². The molecule has 4 heteroatoms. The first-order valence-corrected chi connectivity index (χ1v) is 17.1. The monoisotopic (exact) mass is 650 g/mol. The predicted octanol–water partition coefficient (Wildman–Crippen LogP) is 11.2. The van der Waals surface area contributed by atoms with Crippen LogP contribution in [0.2, 0.25) is 0 Å². The topological polar surface area (TPSA) is 54.5 Å². The molecule has 0 N–H and O–H groups in total. The predicted molar refractivity (Wildman–Crippen MR) is 206 cm³/mol. The zero-order valence-electron chi connectivity index (χ0n) is 27.7. The fourth-order valence-corrected chi connectivity index (χ4v) is 7.19. The maximum atomic E-state index is 9.84. The van der Waals surface area contributed by atoms with Crippen LogP contribution in [0, 0.1) is 23.5 Å². The van der Waals surface area contributed by atoms with Crippen LogP contribution in [0.3, 0.4) is 0 Å². The first kappa shape index (κ1) is 30.1. The fourth-order valence-electron chi connectivity index (χ4n) is 7.19. The summed E-state index contributed by atoms with van der Waals surface area (Å²) in [5, 5.41) is 10.9. The van der Waals surface area contributed by atoms with Gasteiger partial charge in [-0.3, -0.25) is 0 Å². The van der Waals surface area contributed by atoms with Crippen LogP contribution in [-0.4, -0.2) is 14.5 Å². The third kappa shape index (κ3) is 5.46. The van der Waals surface area contributed by atoms with Gasteiger partial charge in [-0.2, -0.15) is 5.26 Å². The zero-order chi connectivity index (χ0) is 34.1. The van der Waals surface area contributed by atoms with E-state index in [1.807, 2.05) is 66.7 Å². The van der Waals surface area contributed by atoms with Crippen LogP contribution >= 0.6 is 0 Å². The maximum absolute atomic E-state index is 9.84. The van der Waals surface area contributed by atoms with E-state index < -0.39 is 0 Å². The summed E-state index contributed by atoms with van der Waals surface area (Å²) >= 11 is 0. The van der Waals surface area contributed by atoms with Gasteiger partial charge in [0.05, 0.1) is 34.2 Å². The highest BCUT2D eigenvalue weighted by Crippen LogP contribution is 2.44. The summed E-state index contributed by atoms with van der Waals surface area (Å²) in [4.78, 5) is 10.4. The Morgan fingerprint density at radius 3 is 1.96 bits per heavy atom. The lowest BCUT2D eigenvalue weighted by Gasteiger charge is -2.22. The highest BCUT2D eigenvalue weighted by atomic mass is 15.0. The molecule has 0 saturated heterocycles. The van der Waals surface area contributed by atoms with Gasteiger partial charge in [-0.15, -0.1) is 0 Å². The Morgan fingerprint density at radius 2 is 1.31 bits per heavy atom. The molecule has 8 aromatic rings. The van der Waals surface area contributed by atoms with Crippen LogP contribution in [0.5, 0.6) is 0 Å². The van der Waals surface area contributed by atoms with Gasteiger partial charge in [0.15, 0.2) is 5.82 Å². The molecule has 0 amide bonds. The van der Waals surface area contributed by atoms with Gasteiger partial charge < -0.3 is 4.57 Å². The summed E-state index contributed by atoms with van der Waals surface area (Å²) in [6, 6.07) is 58.6.